The van der Waals surface area contributed by atoms with Crippen LogP contribution in [0.4, 0.5) is 4.39 Å². The summed E-state index contributed by atoms with van der Waals surface area (Å²) >= 11 is 0. The third-order valence-electron chi connectivity index (χ3n) is 5.09. The molecular weight excluding hydrogens is 329 g/mol. The lowest BCUT2D eigenvalue weighted by Gasteiger charge is -2.26. The largest absolute Gasteiger partial charge is 0.494 e. The van der Waals surface area contributed by atoms with Gasteiger partial charge in [-0.05, 0) is 49.7 Å². The van der Waals surface area contributed by atoms with E-state index < -0.39 is 5.82 Å². The van der Waals surface area contributed by atoms with Gasteiger partial charge in [0, 0.05) is 12.1 Å². The number of Topliss-reactive ketones (excluding diaryl/α,β-unsaturated/α-hetero) is 1. The maximum absolute atomic E-state index is 14.1. The monoisotopic (exact) mass is 355 g/mol. The molecule has 0 saturated carbocycles. The molecule has 1 atom stereocenters. The Labute approximate surface area is 154 Å². The third-order valence-corrected chi connectivity index (χ3v) is 5.09. The fourth-order valence-electron chi connectivity index (χ4n) is 3.62. The van der Waals surface area contributed by atoms with Crippen molar-refractivity contribution in [3.8, 4) is 5.75 Å². The molecule has 0 aromatic heterocycles. The van der Waals surface area contributed by atoms with E-state index in [0.29, 0.717) is 12.1 Å². The minimum atomic E-state index is -0.500. The van der Waals surface area contributed by atoms with Gasteiger partial charge in [0.15, 0.2) is 17.3 Å². The van der Waals surface area contributed by atoms with Crippen molar-refractivity contribution in [2.45, 2.75) is 31.6 Å². The summed E-state index contributed by atoms with van der Waals surface area (Å²) in [6.45, 7) is 2.72. The number of nitrogens with zero attached hydrogens (tertiary/aromatic N) is 1. The molecule has 1 aliphatic rings. The van der Waals surface area contributed by atoms with E-state index >= 15 is 0 Å². The summed E-state index contributed by atoms with van der Waals surface area (Å²) in [5.74, 6) is -0.672. The van der Waals surface area contributed by atoms with E-state index in [1.807, 2.05) is 30.3 Å². The van der Waals surface area contributed by atoms with Crippen LogP contribution >= 0.6 is 0 Å². The number of benzene rings is 2. The number of halogens is 1. The van der Waals surface area contributed by atoms with Crippen molar-refractivity contribution in [2.75, 3.05) is 26.7 Å². The van der Waals surface area contributed by atoms with E-state index in [1.165, 1.54) is 44.9 Å². The highest BCUT2D eigenvalue weighted by Gasteiger charge is 2.25. The van der Waals surface area contributed by atoms with Crippen LogP contribution in [0.5, 0.6) is 5.75 Å². The van der Waals surface area contributed by atoms with E-state index in [1.54, 1.807) is 6.07 Å². The standard InChI is InChI=1S/C22H26FNO2/c1-26-21-12-11-18(15-20(21)23)22(25)19(17-9-5-4-6-10-17)16-24-13-7-2-3-8-14-24/h4-6,9-12,15,19H,2-3,7-8,13-14,16H2,1H3. The summed E-state index contributed by atoms with van der Waals surface area (Å²) in [5, 5.41) is 0. The predicted octanol–water partition coefficient (Wildman–Crippen LogP) is 4.68. The van der Waals surface area contributed by atoms with Crippen molar-refractivity contribution in [3.05, 3.63) is 65.5 Å². The van der Waals surface area contributed by atoms with Crippen molar-refractivity contribution in [3.63, 3.8) is 0 Å². The molecule has 2 aromatic carbocycles. The zero-order valence-corrected chi connectivity index (χ0v) is 15.3. The van der Waals surface area contributed by atoms with Gasteiger partial charge in [-0.2, -0.15) is 0 Å². The topological polar surface area (TPSA) is 29.5 Å². The molecule has 1 fully saturated rings. The van der Waals surface area contributed by atoms with E-state index in [2.05, 4.69) is 4.90 Å². The highest BCUT2D eigenvalue weighted by molar-refractivity contribution is 6.01. The first-order valence-electron chi connectivity index (χ1n) is 9.34. The number of hydrogen-bond acceptors (Lipinski definition) is 3. The third kappa shape index (κ3) is 4.50. The van der Waals surface area contributed by atoms with Gasteiger partial charge in [-0.1, -0.05) is 43.2 Å². The predicted molar refractivity (Wildman–Crippen MR) is 101 cm³/mol. The van der Waals surface area contributed by atoms with Crippen molar-refractivity contribution in [2.24, 2.45) is 0 Å². The second-order valence-electron chi connectivity index (χ2n) is 6.89. The zero-order valence-electron chi connectivity index (χ0n) is 15.3. The number of rotatable bonds is 6. The first-order valence-corrected chi connectivity index (χ1v) is 9.34. The number of ketones is 1. The van der Waals surface area contributed by atoms with E-state index in [0.717, 1.165) is 18.7 Å². The van der Waals surface area contributed by atoms with E-state index in [4.69, 9.17) is 4.74 Å². The summed E-state index contributed by atoms with van der Waals surface area (Å²) in [5.41, 5.74) is 1.38. The average Bonchev–Trinajstić information content (AvgIpc) is 2.95. The van der Waals surface area contributed by atoms with Crippen LogP contribution in [0.1, 0.15) is 47.5 Å². The van der Waals surface area contributed by atoms with Crippen molar-refractivity contribution in [1.29, 1.82) is 0 Å². The highest BCUT2D eigenvalue weighted by atomic mass is 19.1. The number of carbonyl (C=O) groups is 1. The van der Waals surface area contributed by atoms with Crippen LogP contribution in [0, 0.1) is 5.82 Å². The summed E-state index contributed by atoms with van der Waals surface area (Å²) in [6.07, 6.45) is 4.86. The van der Waals surface area contributed by atoms with E-state index in [-0.39, 0.29) is 17.5 Å². The molecule has 0 amide bonds. The lowest BCUT2D eigenvalue weighted by Crippen LogP contribution is -2.33. The molecule has 4 heteroatoms. The highest BCUT2D eigenvalue weighted by Crippen LogP contribution is 2.26. The fraction of sp³-hybridized carbons (Fsp3) is 0.409. The molecule has 2 aromatic rings. The van der Waals surface area contributed by atoms with Crippen LogP contribution in [-0.4, -0.2) is 37.4 Å². The molecule has 0 N–H and O–H groups in total. The lowest BCUT2D eigenvalue weighted by atomic mass is 9.90. The molecule has 1 unspecified atom stereocenters. The molecule has 3 rings (SSSR count). The molecule has 26 heavy (non-hydrogen) atoms. The van der Waals surface area contributed by atoms with Crippen molar-refractivity contribution in [1.82, 2.24) is 4.90 Å². The van der Waals surface area contributed by atoms with Gasteiger partial charge in [0.05, 0.1) is 13.0 Å². The summed E-state index contributed by atoms with van der Waals surface area (Å²) in [7, 11) is 1.42. The van der Waals surface area contributed by atoms with Crippen LogP contribution in [0.15, 0.2) is 48.5 Å². The second kappa shape index (κ2) is 8.95. The van der Waals surface area contributed by atoms with Gasteiger partial charge in [0.1, 0.15) is 0 Å². The molecular formula is C22H26FNO2. The van der Waals surface area contributed by atoms with Crippen LogP contribution in [0.25, 0.3) is 0 Å². The smallest absolute Gasteiger partial charge is 0.171 e. The first kappa shape index (κ1) is 18.6. The van der Waals surface area contributed by atoms with Gasteiger partial charge in [-0.3, -0.25) is 4.79 Å². The Morgan fingerprint density at radius 2 is 1.77 bits per heavy atom. The Kier molecular flexibility index (Phi) is 6.40. The lowest BCUT2D eigenvalue weighted by molar-refractivity contribution is 0.0933. The summed E-state index contributed by atoms with van der Waals surface area (Å²) in [4.78, 5) is 15.6. The molecule has 0 radical (unpaired) electrons. The number of methoxy groups -OCH3 is 1. The SMILES string of the molecule is COc1ccc(C(=O)C(CN2CCCCCC2)c2ccccc2)cc1F. The van der Waals surface area contributed by atoms with Crippen LogP contribution in [-0.2, 0) is 0 Å². The quantitative estimate of drug-likeness (QED) is 0.705. The Bertz CT molecular complexity index is 724. The maximum atomic E-state index is 14.1. The first-order chi connectivity index (χ1) is 12.7. The minimum Gasteiger partial charge on any atom is -0.494 e. The summed E-state index contributed by atoms with van der Waals surface area (Å²) < 4.78 is 19.1. The zero-order chi connectivity index (χ0) is 18.4. The number of carbonyl (C=O) groups excluding carboxylic acids is 1. The van der Waals surface area contributed by atoms with Gasteiger partial charge in [-0.25, -0.2) is 4.39 Å². The molecule has 0 spiro atoms. The molecule has 1 aliphatic heterocycles. The van der Waals surface area contributed by atoms with Gasteiger partial charge >= 0.3 is 0 Å². The molecule has 3 nitrogen and oxygen atoms in total. The molecule has 138 valence electrons. The minimum absolute atomic E-state index is 0.0398. The fourth-order valence-corrected chi connectivity index (χ4v) is 3.62. The Morgan fingerprint density at radius 3 is 2.38 bits per heavy atom. The van der Waals surface area contributed by atoms with Crippen LogP contribution < -0.4 is 4.74 Å². The normalized spacial score (nSPS) is 16.7. The van der Waals surface area contributed by atoms with Crippen LogP contribution in [0.2, 0.25) is 0 Å². The molecule has 1 saturated heterocycles. The van der Waals surface area contributed by atoms with Crippen molar-refractivity contribution >= 4 is 5.78 Å². The Hall–Kier alpha value is -2.20. The van der Waals surface area contributed by atoms with Gasteiger partial charge < -0.3 is 9.64 Å². The molecule has 1 heterocycles. The number of hydrogen-bond donors (Lipinski definition) is 0. The maximum Gasteiger partial charge on any atom is 0.171 e. The molecule has 0 aliphatic carbocycles. The van der Waals surface area contributed by atoms with Gasteiger partial charge in [0.2, 0.25) is 0 Å². The second-order valence-corrected chi connectivity index (χ2v) is 6.89. The molecule has 0 bridgehead atoms. The van der Waals surface area contributed by atoms with Crippen molar-refractivity contribution < 1.29 is 13.9 Å². The van der Waals surface area contributed by atoms with Gasteiger partial charge in [-0.15, -0.1) is 0 Å². The average molecular weight is 355 g/mol. The Morgan fingerprint density at radius 1 is 1.08 bits per heavy atom. The summed E-state index contributed by atoms with van der Waals surface area (Å²) in [6, 6.07) is 14.3. The number of likely N-dealkylation sites (tertiary alicyclic amines) is 1. The van der Waals surface area contributed by atoms with E-state index in [9.17, 15) is 9.18 Å². The Balaban J connectivity index is 1.87. The van der Waals surface area contributed by atoms with Crippen LogP contribution in [0.3, 0.4) is 0 Å². The number of ether oxygens (including phenoxy) is 1. The van der Waals surface area contributed by atoms with Gasteiger partial charge in [0.25, 0.3) is 0 Å².